The lowest BCUT2D eigenvalue weighted by Gasteiger charge is -2.19. The molecule has 74 valence electrons. The largest absolute Gasteiger partial charge is 0.468 e. The van der Waals surface area contributed by atoms with E-state index in [1.54, 1.807) is 19.9 Å². The Hall–Kier alpha value is -1.12. The quantitative estimate of drug-likeness (QED) is 0.371. The van der Waals surface area contributed by atoms with Crippen LogP contribution in [0.2, 0.25) is 0 Å². The van der Waals surface area contributed by atoms with Crippen LogP contribution in [0.3, 0.4) is 0 Å². The first-order chi connectivity index (χ1) is 5.96. The van der Waals surface area contributed by atoms with Crippen molar-refractivity contribution in [1.82, 2.24) is 0 Å². The molecule has 3 nitrogen and oxygen atoms in total. The van der Waals surface area contributed by atoms with Crippen molar-refractivity contribution in [2.24, 2.45) is 5.41 Å². The minimum Gasteiger partial charge on any atom is -0.468 e. The number of rotatable bonds is 5. The van der Waals surface area contributed by atoms with Gasteiger partial charge in [0.25, 0.3) is 0 Å². The average Bonchev–Trinajstić information content (AvgIpc) is 2.12. The Kier molecular flexibility index (Phi) is 4.38. The van der Waals surface area contributed by atoms with Gasteiger partial charge in [-0.3, -0.25) is 9.59 Å². The van der Waals surface area contributed by atoms with Gasteiger partial charge in [0.2, 0.25) is 0 Å². The van der Waals surface area contributed by atoms with E-state index in [1.165, 1.54) is 7.11 Å². The molecule has 0 saturated heterocycles. The van der Waals surface area contributed by atoms with Gasteiger partial charge < -0.3 is 4.74 Å². The van der Waals surface area contributed by atoms with Gasteiger partial charge in [0, 0.05) is 6.42 Å². The molecule has 0 aromatic carbocycles. The van der Waals surface area contributed by atoms with E-state index < -0.39 is 11.4 Å². The fourth-order valence-corrected chi connectivity index (χ4v) is 0.915. The molecule has 0 N–H and O–H groups in total. The lowest BCUT2D eigenvalue weighted by atomic mass is 9.86. The fraction of sp³-hybridized carbons (Fsp3) is 0.600. The van der Waals surface area contributed by atoms with E-state index >= 15 is 0 Å². The summed E-state index contributed by atoms with van der Waals surface area (Å²) < 4.78 is 4.53. The first-order valence-electron chi connectivity index (χ1n) is 4.19. The van der Waals surface area contributed by atoms with E-state index in [4.69, 9.17) is 0 Å². The number of hydrogen-bond acceptors (Lipinski definition) is 3. The number of esters is 1. The van der Waals surface area contributed by atoms with E-state index in [-0.39, 0.29) is 5.78 Å². The second kappa shape index (κ2) is 4.80. The van der Waals surface area contributed by atoms with Crippen LogP contribution in [0.15, 0.2) is 12.7 Å². The highest BCUT2D eigenvalue weighted by molar-refractivity contribution is 6.02. The first kappa shape index (κ1) is 11.9. The van der Waals surface area contributed by atoms with Gasteiger partial charge in [-0.15, -0.1) is 6.58 Å². The molecule has 0 aliphatic rings. The summed E-state index contributed by atoms with van der Waals surface area (Å²) >= 11 is 0. The molecule has 0 aromatic heterocycles. The standard InChI is InChI=1S/C10H16O3/c1-5-6-7-8(11)10(2,3)9(12)13-4/h5H,1,6-7H2,2-4H3. The lowest BCUT2D eigenvalue weighted by molar-refractivity contribution is -0.155. The summed E-state index contributed by atoms with van der Waals surface area (Å²) in [7, 11) is 1.28. The highest BCUT2D eigenvalue weighted by atomic mass is 16.5. The molecule has 0 rings (SSSR count). The van der Waals surface area contributed by atoms with Crippen LogP contribution in [-0.2, 0) is 14.3 Å². The Labute approximate surface area is 78.8 Å². The third kappa shape index (κ3) is 3.01. The van der Waals surface area contributed by atoms with E-state index in [2.05, 4.69) is 11.3 Å². The average molecular weight is 184 g/mol. The summed E-state index contributed by atoms with van der Waals surface area (Å²) in [6, 6.07) is 0. The Bertz CT molecular complexity index is 216. The number of ketones is 1. The molecule has 0 atom stereocenters. The zero-order chi connectivity index (χ0) is 10.5. The molecule has 3 heteroatoms. The molecule has 0 unspecified atom stereocenters. The molecule has 0 aliphatic heterocycles. The molecule has 0 aliphatic carbocycles. The summed E-state index contributed by atoms with van der Waals surface area (Å²) in [6.45, 7) is 6.66. The number of methoxy groups -OCH3 is 1. The normalized spacial score (nSPS) is 10.7. The first-order valence-corrected chi connectivity index (χ1v) is 4.19. The summed E-state index contributed by atoms with van der Waals surface area (Å²) in [4.78, 5) is 22.6. The summed E-state index contributed by atoms with van der Waals surface area (Å²) in [6.07, 6.45) is 2.59. The molecule has 0 fully saturated rings. The van der Waals surface area contributed by atoms with E-state index in [9.17, 15) is 9.59 Å². The summed E-state index contributed by atoms with van der Waals surface area (Å²) in [5.74, 6) is -0.596. The smallest absolute Gasteiger partial charge is 0.318 e. The lowest BCUT2D eigenvalue weighted by Crippen LogP contribution is -2.34. The van der Waals surface area contributed by atoms with Crippen molar-refractivity contribution in [2.75, 3.05) is 7.11 Å². The Morgan fingerprint density at radius 2 is 2.00 bits per heavy atom. The highest BCUT2D eigenvalue weighted by Crippen LogP contribution is 2.21. The van der Waals surface area contributed by atoms with Crippen LogP contribution in [-0.4, -0.2) is 18.9 Å². The van der Waals surface area contributed by atoms with E-state index in [1.807, 2.05) is 0 Å². The van der Waals surface area contributed by atoms with Crippen molar-refractivity contribution >= 4 is 11.8 Å². The number of carbonyl (C=O) groups excluding carboxylic acids is 2. The van der Waals surface area contributed by atoms with Crippen molar-refractivity contribution in [3.8, 4) is 0 Å². The van der Waals surface area contributed by atoms with Crippen LogP contribution in [0.4, 0.5) is 0 Å². The maximum Gasteiger partial charge on any atom is 0.318 e. The Morgan fingerprint density at radius 1 is 1.46 bits per heavy atom. The maximum atomic E-state index is 11.5. The second-order valence-corrected chi connectivity index (χ2v) is 3.37. The van der Waals surface area contributed by atoms with Crippen LogP contribution in [0.25, 0.3) is 0 Å². The van der Waals surface area contributed by atoms with Gasteiger partial charge in [-0.05, 0) is 20.3 Å². The van der Waals surface area contributed by atoms with Crippen molar-refractivity contribution in [2.45, 2.75) is 26.7 Å². The SMILES string of the molecule is C=CCCC(=O)C(C)(C)C(=O)OC. The maximum absolute atomic E-state index is 11.5. The minimum atomic E-state index is -1.03. The van der Waals surface area contributed by atoms with Crippen molar-refractivity contribution in [3.05, 3.63) is 12.7 Å². The topological polar surface area (TPSA) is 43.4 Å². The van der Waals surface area contributed by atoms with Crippen LogP contribution < -0.4 is 0 Å². The van der Waals surface area contributed by atoms with Gasteiger partial charge in [-0.2, -0.15) is 0 Å². The molecule has 0 heterocycles. The third-order valence-corrected chi connectivity index (χ3v) is 1.97. The van der Waals surface area contributed by atoms with Gasteiger partial charge in [-0.25, -0.2) is 0 Å². The summed E-state index contributed by atoms with van der Waals surface area (Å²) in [5.41, 5.74) is -1.03. The number of carbonyl (C=O) groups is 2. The summed E-state index contributed by atoms with van der Waals surface area (Å²) in [5, 5.41) is 0. The predicted octanol–water partition coefficient (Wildman–Crippen LogP) is 1.72. The number of Topliss-reactive ketones (excluding diaryl/α,β-unsaturated/α-hetero) is 1. The Balaban J connectivity index is 4.35. The van der Waals surface area contributed by atoms with Gasteiger partial charge in [0.15, 0.2) is 0 Å². The van der Waals surface area contributed by atoms with Gasteiger partial charge in [0.1, 0.15) is 11.2 Å². The fourth-order valence-electron chi connectivity index (χ4n) is 0.915. The van der Waals surface area contributed by atoms with Crippen molar-refractivity contribution in [3.63, 3.8) is 0 Å². The molecule has 0 aromatic rings. The number of ether oxygens (including phenoxy) is 1. The Morgan fingerprint density at radius 3 is 2.38 bits per heavy atom. The van der Waals surface area contributed by atoms with Gasteiger partial charge in [0.05, 0.1) is 7.11 Å². The number of hydrogen-bond donors (Lipinski definition) is 0. The molecular weight excluding hydrogens is 168 g/mol. The predicted molar refractivity (Wildman–Crippen MR) is 50.2 cm³/mol. The minimum absolute atomic E-state index is 0.112. The van der Waals surface area contributed by atoms with Crippen LogP contribution in [0.1, 0.15) is 26.7 Å². The molecular formula is C10H16O3. The van der Waals surface area contributed by atoms with Crippen molar-refractivity contribution < 1.29 is 14.3 Å². The monoisotopic (exact) mass is 184 g/mol. The second-order valence-electron chi connectivity index (χ2n) is 3.37. The zero-order valence-corrected chi connectivity index (χ0v) is 8.42. The van der Waals surface area contributed by atoms with Crippen LogP contribution in [0, 0.1) is 5.41 Å². The molecule has 0 bridgehead atoms. The third-order valence-electron chi connectivity index (χ3n) is 1.97. The zero-order valence-electron chi connectivity index (χ0n) is 8.42. The molecule has 13 heavy (non-hydrogen) atoms. The van der Waals surface area contributed by atoms with Crippen molar-refractivity contribution in [1.29, 1.82) is 0 Å². The molecule has 0 spiro atoms. The molecule has 0 radical (unpaired) electrons. The highest BCUT2D eigenvalue weighted by Gasteiger charge is 2.35. The number of allylic oxidation sites excluding steroid dienone is 1. The van der Waals surface area contributed by atoms with Crippen LogP contribution >= 0.6 is 0 Å². The molecule has 0 amide bonds. The van der Waals surface area contributed by atoms with E-state index in [0.29, 0.717) is 12.8 Å². The van der Waals surface area contributed by atoms with Gasteiger partial charge >= 0.3 is 5.97 Å². The van der Waals surface area contributed by atoms with Gasteiger partial charge in [-0.1, -0.05) is 6.08 Å². The van der Waals surface area contributed by atoms with E-state index in [0.717, 1.165) is 0 Å². The molecule has 0 saturated carbocycles. The van der Waals surface area contributed by atoms with Crippen LogP contribution in [0.5, 0.6) is 0 Å².